The van der Waals surface area contributed by atoms with Crippen LogP contribution in [0.5, 0.6) is 0 Å². The minimum Gasteiger partial charge on any atom is -0.247 e. The SMILES string of the molecule is FC1CCC(C#CC2CCC(F)CC2F)C(F)C1. The average molecular weight is 262 g/mol. The molecule has 2 saturated carbocycles. The van der Waals surface area contributed by atoms with Gasteiger partial charge < -0.3 is 0 Å². The van der Waals surface area contributed by atoms with Gasteiger partial charge in [-0.3, -0.25) is 0 Å². The summed E-state index contributed by atoms with van der Waals surface area (Å²) in [6.07, 6.45) is -3.41. The third kappa shape index (κ3) is 3.40. The highest BCUT2D eigenvalue weighted by Crippen LogP contribution is 2.31. The van der Waals surface area contributed by atoms with Gasteiger partial charge in [0.15, 0.2) is 0 Å². The molecule has 6 unspecified atom stereocenters. The molecule has 18 heavy (non-hydrogen) atoms. The second kappa shape index (κ2) is 5.95. The van der Waals surface area contributed by atoms with E-state index in [1.807, 2.05) is 0 Å². The van der Waals surface area contributed by atoms with Crippen LogP contribution in [0.15, 0.2) is 0 Å². The van der Waals surface area contributed by atoms with Crippen LogP contribution in [-0.4, -0.2) is 24.7 Å². The summed E-state index contributed by atoms with van der Waals surface area (Å²) >= 11 is 0. The maximum Gasteiger partial charge on any atom is 0.117 e. The summed E-state index contributed by atoms with van der Waals surface area (Å²) in [6, 6.07) is 0. The van der Waals surface area contributed by atoms with Gasteiger partial charge in [0.1, 0.15) is 24.7 Å². The fraction of sp³-hybridized carbons (Fsp3) is 0.857. The van der Waals surface area contributed by atoms with E-state index in [0.717, 1.165) is 0 Å². The Labute approximate surface area is 105 Å². The highest BCUT2D eigenvalue weighted by molar-refractivity contribution is 5.12. The van der Waals surface area contributed by atoms with Crippen LogP contribution in [0.3, 0.4) is 0 Å². The van der Waals surface area contributed by atoms with Crippen molar-refractivity contribution in [2.45, 2.75) is 63.2 Å². The molecule has 0 radical (unpaired) electrons. The Morgan fingerprint density at radius 3 is 1.33 bits per heavy atom. The molecule has 0 saturated heterocycles. The fourth-order valence-corrected chi connectivity index (χ4v) is 2.67. The lowest BCUT2D eigenvalue weighted by atomic mass is 9.84. The molecule has 0 N–H and O–H groups in total. The summed E-state index contributed by atoms with van der Waals surface area (Å²) < 4.78 is 52.9. The Balaban J connectivity index is 1.91. The predicted octanol–water partition coefficient (Wildman–Crippen LogP) is 3.94. The summed E-state index contributed by atoms with van der Waals surface area (Å²) in [7, 11) is 0. The quantitative estimate of drug-likeness (QED) is 0.458. The first kappa shape index (κ1) is 13.7. The molecule has 0 aromatic rings. The monoisotopic (exact) mass is 262 g/mol. The maximum absolute atomic E-state index is 13.5. The number of alkyl halides is 4. The molecule has 0 aliphatic heterocycles. The average Bonchev–Trinajstić information content (AvgIpc) is 2.30. The molecular formula is C14H18F4. The zero-order chi connectivity index (χ0) is 13.1. The lowest BCUT2D eigenvalue weighted by Gasteiger charge is -2.26. The van der Waals surface area contributed by atoms with Gasteiger partial charge in [0.05, 0.1) is 11.8 Å². The van der Waals surface area contributed by atoms with Crippen molar-refractivity contribution in [1.29, 1.82) is 0 Å². The molecule has 0 nitrogen and oxygen atoms in total. The van der Waals surface area contributed by atoms with E-state index in [1.165, 1.54) is 0 Å². The van der Waals surface area contributed by atoms with Crippen molar-refractivity contribution in [3.63, 3.8) is 0 Å². The smallest absolute Gasteiger partial charge is 0.117 e. The molecule has 0 aromatic carbocycles. The molecule has 2 rings (SSSR count). The first-order chi connectivity index (χ1) is 8.56. The van der Waals surface area contributed by atoms with Crippen molar-refractivity contribution < 1.29 is 17.6 Å². The van der Waals surface area contributed by atoms with Gasteiger partial charge in [-0.2, -0.15) is 0 Å². The van der Waals surface area contributed by atoms with Gasteiger partial charge in [-0.25, -0.2) is 17.6 Å². The second-order valence-electron chi connectivity index (χ2n) is 5.35. The van der Waals surface area contributed by atoms with E-state index in [-0.39, 0.29) is 12.8 Å². The number of hydrogen-bond acceptors (Lipinski definition) is 0. The topological polar surface area (TPSA) is 0 Å². The number of rotatable bonds is 0. The first-order valence-electron chi connectivity index (χ1n) is 6.63. The van der Waals surface area contributed by atoms with Gasteiger partial charge >= 0.3 is 0 Å². The van der Waals surface area contributed by atoms with E-state index in [0.29, 0.717) is 25.7 Å². The van der Waals surface area contributed by atoms with Crippen LogP contribution < -0.4 is 0 Å². The molecule has 0 heterocycles. The van der Waals surface area contributed by atoms with Gasteiger partial charge in [0.25, 0.3) is 0 Å². The van der Waals surface area contributed by atoms with Crippen molar-refractivity contribution in [2.75, 3.05) is 0 Å². The summed E-state index contributed by atoms with van der Waals surface area (Å²) in [5, 5.41) is 0. The summed E-state index contributed by atoms with van der Waals surface area (Å²) in [5.41, 5.74) is 0. The lowest BCUT2D eigenvalue weighted by molar-refractivity contribution is 0.123. The van der Waals surface area contributed by atoms with Crippen LogP contribution in [0.1, 0.15) is 38.5 Å². The van der Waals surface area contributed by atoms with Crippen molar-refractivity contribution in [2.24, 2.45) is 11.8 Å². The van der Waals surface area contributed by atoms with Gasteiger partial charge in [-0.05, 0) is 25.7 Å². The van der Waals surface area contributed by atoms with E-state index >= 15 is 0 Å². The Hall–Kier alpha value is -0.720. The van der Waals surface area contributed by atoms with Crippen molar-refractivity contribution in [3.8, 4) is 11.8 Å². The van der Waals surface area contributed by atoms with Crippen LogP contribution in [0.4, 0.5) is 17.6 Å². The van der Waals surface area contributed by atoms with Gasteiger partial charge in [-0.1, -0.05) is 11.8 Å². The molecule has 0 spiro atoms. The Morgan fingerprint density at radius 1 is 0.611 bits per heavy atom. The number of halogens is 4. The summed E-state index contributed by atoms with van der Waals surface area (Å²) in [4.78, 5) is 0. The third-order valence-electron chi connectivity index (χ3n) is 3.87. The molecule has 2 fully saturated rings. The van der Waals surface area contributed by atoms with E-state index < -0.39 is 36.5 Å². The van der Waals surface area contributed by atoms with E-state index in [9.17, 15) is 17.6 Å². The summed E-state index contributed by atoms with van der Waals surface area (Å²) in [5.74, 6) is 4.55. The molecule has 0 amide bonds. The lowest BCUT2D eigenvalue weighted by Crippen LogP contribution is -2.28. The van der Waals surface area contributed by atoms with Crippen LogP contribution in [0.25, 0.3) is 0 Å². The normalized spacial score (nSPS) is 45.1. The predicted molar refractivity (Wildman–Crippen MR) is 62.0 cm³/mol. The van der Waals surface area contributed by atoms with Gasteiger partial charge in [0.2, 0.25) is 0 Å². The zero-order valence-corrected chi connectivity index (χ0v) is 10.2. The van der Waals surface area contributed by atoms with Gasteiger partial charge in [0, 0.05) is 12.8 Å². The molecule has 0 aromatic heterocycles. The minimum atomic E-state index is -1.25. The van der Waals surface area contributed by atoms with E-state index in [4.69, 9.17) is 0 Å². The van der Waals surface area contributed by atoms with Crippen LogP contribution in [-0.2, 0) is 0 Å². The van der Waals surface area contributed by atoms with Crippen molar-refractivity contribution in [1.82, 2.24) is 0 Å². The molecule has 6 atom stereocenters. The Bertz CT molecular complexity index is 302. The van der Waals surface area contributed by atoms with Gasteiger partial charge in [-0.15, -0.1) is 0 Å². The zero-order valence-electron chi connectivity index (χ0n) is 10.2. The van der Waals surface area contributed by atoms with Crippen molar-refractivity contribution >= 4 is 0 Å². The van der Waals surface area contributed by atoms with E-state index in [2.05, 4.69) is 11.8 Å². The van der Waals surface area contributed by atoms with Crippen LogP contribution >= 0.6 is 0 Å². The van der Waals surface area contributed by atoms with Crippen LogP contribution in [0.2, 0.25) is 0 Å². The Morgan fingerprint density at radius 2 is 1.00 bits per heavy atom. The standard InChI is InChI=1S/C14H18F4/c15-11-5-3-9(13(17)7-11)1-2-10-4-6-12(16)8-14(10)18/h9-14H,3-8H2. The van der Waals surface area contributed by atoms with E-state index in [1.54, 1.807) is 0 Å². The molecule has 0 bridgehead atoms. The fourth-order valence-electron chi connectivity index (χ4n) is 2.67. The Kier molecular flexibility index (Phi) is 4.53. The molecule has 2 aliphatic rings. The molecular weight excluding hydrogens is 244 g/mol. The van der Waals surface area contributed by atoms with Crippen LogP contribution in [0, 0.1) is 23.7 Å². The largest absolute Gasteiger partial charge is 0.247 e. The second-order valence-corrected chi connectivity index (χ2v) is 5.35. The first-order valence-corrected chi connectivity index (χ1v) is 6.63. The number of hydrogen-bond donors (Lipinski definition) is 0. The van der Waals surface area contributed by atoms with Crippen molar-refractivity contribution in [3.05, 3.63) is 0 Å². The maximum atomic E-state index is 13.5. The highest BCUT2D eigenvalue weighted by Gasteiger charge is 2.31. The summed E-state index contributed by atoms with van der Waals surface area (Å²) in [6.45, 7) is 0. The highest BCUT2D eigenvalue weighted by atomic mass is 19.2. The minimum absolute atomic E-state index is 0.102. The molecule has 2 aliphatic carbocycles. The molecule has 102 valence electrons. The molecule has 4 heteroatoms. The third-order valence-corrected chi connectivity index (χ3v) is 3.87.